The largest absolute Gasteiger partial charge is 0.365 e. The molecule has 0 saturated heterocycles. The maximum absolute atomic E-state index is 5.92. The third-order valence-electron chi connectivity index (χ3n) is 2.94. The molecule has 0 aliphatic carbocycles. The second-order valence-corrected chi connectivity index (χ2v) is 5.47. The summed E-state index contributed by atoms with van der Waals surface area (Å²) in [6.07, 6.45) is 0. The van der Waals surface area contributed by atoms with Gasteiger partial charge in [0, 0.05) is 29.0 Å². The Bertz CT molecular complexity index is 464. The normalized spacial score (nSPS) is 12.4. The standard InChI is InChI=1S/C14H18N2S/c1-11-8-9-14(17-11)13(10-15)16(2)12-6-4-3-5-7-12/h3-9,13H,10,15H2,1-2H3. The number of nitrogens with two attached hydrogens (primary N) is 1. The number of para-hydroxylation sites is 1. The summed E-state index contributed by atoms with van der Waals surface area (Å²) in [5.41, 5.74) is 7.12. The van der Waals surface area contributed by atoms with Crippen molar-refractivity contribution in [2.24, 2.45) is 5.73 Å². The zero-order valence-electron chi connectivity index (χ0n) is 10.3. The summed E-state index contributed by atoms with van der Waals surface area (Å²) in [4.78, 5) is 4.90. The first-order valence-corrected chi connectivity index (χ1v) is 6.58. The molecule has 1 aromatic heterocycles. The molecule has 0 radical (unpaired) electrons. The van der Waals surface area contributed by atoms with E-state index in [0.717, 1.165) is 0 Å². The van der Waals surface area contributed by atoms with Crippen molar-refractivity contribution < 1.29 is 0 Å². The number of likely N-dealkylation sites (N-methyl/N-ethyl adjacent to an activating group) is 1. The van der Waals surface area contributed by atoms with Gasteiger partial charge in [0.15, 0.2) is 0 Å². The third kappa shape index (κ3) is 2.68. The van der Waals surface area contributed by atoms with Crippen LogP contribution in [0.15, 0.2) is 42.5 Å². The van der Waals surface area contributed by atoms with Gasteiger partial charge in [0.2, 0.25) is 0 Å². The lowest BCUT2D eigenvalue weighted by Gasteiger charge is -2.28. The van der Waals surface area contributed by atoms with Crippen molar-refractivity contribution in [1.82, 2.24) is 0 Å². The number of aryl methyl sites for hydroxylation is 1. The molecule has 2 aromatic rings. The van der Waals surface area contributed by atoms with Crippen molar-refractivity contribution in [3.63, 3.8) is 0 Å². The predicted octanol–water partition coefficient (Wildman–Crippen LogP) is 3.19. The molecule has 17 heavy (non-hydrogen) atoms. The molecule has 1 aromatic carbocycles. The molecule has 0 bridgehead atoms. The van der Waals surface area contributed by atoms with Crippen LogP contribution >= 0.6 is 11.3 Å². The summed E-state index contributed by atoms with van der Waals surface area (Å²) < 4.78 is 0. The molecular weight excluding hydrogens is 228 g/mol. The van der Waals surface area contributed by atoms with Gasteiger partial charge >= 0.3 is 0 Å². The Labute approximate surface area is 107 Å². The summed E-state index contributed by atoms with van der Waals surface area (Å²) in [5.74, 6) is 0. The van der Waals surface area contributed by atoms with E-state index in [4.69, 9.17) is 5.73 Å². The highest BCUT2D eigenvalue weighted by Gasteiger charge is 2.17. The molecule has 0 saturated carbocycles. The predicted molar refractivity (Wildman–Crippen MR) is 75.7 cm³/mol. The van der Waals surface area contributed by atoms with Gasteiger partial charge in [-0.25, -0.2) is 0 Å². The fraction of sp³-hybridized carbons (Fsp3) is 0.286. The van der Waals surface area contributed by atoms with E-state index in [2.05, 4.69) is 55.3 Å². The number of thiophene rings is 1. The van der Waals surface area contributed by atoms with Crippen LogP contribution in [-0.4, -0.2) is 13.6 Å². The van der Waals surface area contributed by atoms with E-state index in [-0.39, 0.29) is 6.04 Å². The van der Waals surface area contributed by atoms with Crippen LogP contribution in [0.2, 0.25) is 0 Å². The average molecular weight is 246 g/mol. The van der Waals surface area contributed by atoms with Crippen molar-refractivity contribution in [3.8, 4) is 0 Å². The Morgan fingerprint density at radius 3 is 2.41 bits per heavy atom. The SMILES string of the molecule is Cc1ccc(C(CN)N(C)c2ccccc2)s1. The molecule has 0 spiro atoms. The smallest absolute Gasteiger partial charge is 0.0753 e. The molecule has 0 aliphatic heterocycles. The fourth-order valence-electron chi connectivity index (χ4n) is 1.94. The molecule has 3 heteroatoms. The van der Waals surface area contributed by atoms with Gasteiger partial charge in [-0.05, 0) is 31.2 Å². The minimum absolute atomic E-state index is 0.260. The maximum atomic E-state index is 5.92. The minimum atomic E-state index is 0.260. The average Bonchev–Trinajstić information content (AvgIpc) is 2.78. The Kier molecular flexibility index (Phi) is 3.82. The summed E-state index contributed by atoms with van der Waals surface area (Å²) in [5, 5.41) is 0. The van der Waals surface area contributed by atoms with Crippen molar-refractivity contribution in [2.45, 2.75) is 13.0 Å². The lowest BCUT2D eigenvalue weighted by Crippen LogP contribution is -2.29. The van der Waals surface area contributed by atoms with Gasteiger partial charge in [-0.3, -0.25) is 0 Å². The Morgan fingerprint density at radius 2 is 1.88 bits per heavy atom. The van der Waals surface area contributed by atoms with Gasteiger partial charge in [0.25, 0.3) is 0 Å². The third-order valence-corrected chi connectivity index (χ3v) is 4.05. The van der Waals surface area contributed by atoms with Crippen LogP contribution in [0.3, 0.4) is 0 Å². The molecule has 1 heterocycles. The highest BCUT2D eigenvalue weighted by atomic mass is 32.1. The van der Waals surface area contributed by atoms with Crippen molar-refractivity contribution in [1.29, 1.82) is 0 Å². The van der Waals surface area contributed by atoms with Gasteiger partial charge in [0.05, 0.1) is 6.04 Å². The number of nitrogens with zero attached hydrogens (tertiary/aromatic N) is 1. The molecule has 0 fully saturated rings. The van der Waals surface area contributed by atoms with E-state index in [1.807, 2.05) is 17.4 Å². The highest BCUT2D eigenvalue weighted by molar-refractivity contribution is 7.12. The molecule has 2 N–H and O–H groups in total. The number of anilines is 1. The van der Waals surface area contributed by atoms with E-state index < -0.39 is 0 Å². The van der Waals surface area contributed by atoms with Crippen LogP contribution in [0.1, 0.15) is 15.8 Å². The summed E-state index contributed by atoms with van der Waals surface area (Å²) in [6, 6.07) is 15.0. The topological polar surface area (TPSA) is 29.3 Å². The van der Waals surface area contributed by atoms with Crippen LogP contribution in [-0.2, 0) is 0 Å². The van der Waals surface area contributed by atoms with Crippen LogP contribution in [0.25, 0.3) is 0 Å². The van der Waals surface area contributed by atoms with Crippen molar-refractivity contribution in [2.75, 3.05) is 18.5 Å². The second-order valence-electron chi connectivity index (χ2n) is 4.15. The van der Waals surface area contributed by atoms with E-state index in [1.165, 1.54) is 15.4 Å². The minimum Gasteiger partial charge on any atom is -0.365 e. The quantitative estimate of drug-likeness (QED) is 0.897. The number of rotatable bonds is 4. The Morgan fingerprint density at radius 1 is 1.18 bits per heavy atom. The van der Waals surface area contributed by atoms with Crippen LogP contribution in [0.5, 0.6) is 0 Å². The summed E-state index contributed by atoms with van der Waals surface area (Å²) in [6.45, 7) is 2.76. The lowest BCUT2D eigenvalue weighted by atomic mass is 10.2. The van der Waals surface area contributed by atoms with E-state index in [9.17, 15) is 0 Å². The summed E-state index contributed by atoms with van der Waals surface area (Å²) in [7, 11) is 2.10. The monoisotopic (exact) mass is 246 g/mol. The number of hydrogen-bond donors (Lipinski definition) is 1. The molecule has 1 unspecified atom stereocenters. The molecule has 90 valence electrons. The molecule has 2 rings (SSSR count). The number of benzene rings is 1. The zero-order chi connectivity index (χ0) is 12.3. The first-order valence-electron chi connectivity index (χ1n) is 5.76. The maximum Gasteiger partial charge on any atom is 0.0753 e. The molecule has 0 aliphatic rings. The van der Waals surface area contributed by atoms with Crippen molar-refractivity contribution >= 4 is 17.0 Å². The molecule has 0 amide bonds. The first kappa shape index (κ1) is 12.1. The molecular formula is C14H18N2S. The van der Waals surface area contributed by atoms with Gasteiger partial charge < -0.3 is 10.6 Å². The van der Waals surface area contributed by atoms with Crippen LogP contribution in [0.4, 0.5) is 5.69 Å². The van der Waals surface area contributed by atoms with Crippen LogP contribution in [0, 0.1) is 6.92 Å². The first-order chi connectivity index (χ1) is 8.22. The lowest BCUT2D eigenvalue weighted by molar-refractivity contribution is 0.692. The van der Waals surface area contributed by atoms with E-state index in [0.29, 0.717) is 6.54 Å². The molecule has 2 nitrogen and oxygen atoms in total. The van der Waals surface area contributed by atoms with Gasteiger partial charge in [-0.1, -0.05) is 18.2 Å². The number of hydrogen-bond acceptors (Lipinski definition) is 3. The van der Waals surface area contributed by atoms with Crippen molar-refractivity contribution in [3.05, 3.63) is 52.2 Å². The summed E-state index contributed by atoms with van der Waals surface area (Å²) >= 11 is 1.82. The van der Waals surface area contributed by atoms with E-state index in [1.54, 1.807) is 0 Å². The van der Waals surface area contributed by atoms with Crippen LogP contribution < -0.4 is 10.6 Å². The second kappa shape index (κ2) is 5.34. The van der Waals surface area contributed by atoms with E-state index >= 15 is 0 Å². The van der Waals surface area contributed by atoms with Gasteiger partial charge in [-0.2, -0.15) is 0 Å². The molecule has 1 atom stereocenters. The highest BCUT2D eigenvalue weighted by Crippen LogP contribution is 2.29. The zero-order valence-corrected chi connectivity index (χ0v) is 11.1. The van der Waals surface area contributed by atoms with Gasteiger partial charge in [-0.15, -0.1) is 11.3 Å². The fourth-order valence-corrected chi connectivity index (χ4v) is 2.98. The van der Waals surface area contributed by atoms with Gasteiger partial charge in [0.1, 0.15) is 0 Å². The Hall–Kier alpha value is -1.32. The Balaban J connectivity index is 2.25.